The van der Waals surface area contributed by atoms with Crippen LogP contribution in [0.15, 0.2) is 206 Å². The first kappa shape index (κ1) is 30.0. The summed E-state index contributed by atoms with van der Waals surface area (Å²) < 4.78 is 2.43. The van der Waals surface area contributed by atoms with Gasteiger partial charge >= 0.3 is 0 Å². The van der Waals surface area contributed by atoms with Gasteiger partial charge in [0, 0.05) is 38.8 Å². The van der Waals surface area contributed by atoms with Crippen LogP contribution in [0.25, 0.3) is 71.3 Å². The molecule has 244 valence electrons. The number of para-hydroxylation sites is 2. The first-order valence-corrected chi connectivity index (χ1v) is 17.9. The largest absolute Gasteiger partial charge is 0.309 e. The molecule has 0 aliphatic rings. The van der Waals surface area contributed by atoms with Crippen molar-refractivity contribution in [1.82, 2.24) is 4.57 Å². The fourth-order valence-electron chi connectivity index (χ4n) is 8.14. The summed E-state index contributed by atoms with van der Waals surface area (Å²) in [6.07, 6.45) is 0. The van der Waals surface area contributed by atoms with Gasteiger partial charge < -0.3 is 9.47 Å². The zero-order valence-corrected chi connectivity index (χ0v) is 28.5. The molecule has 0 spiro atoms. The van der Waals surface area contributed by atoms with Crippen molar-refractivity contribution in [3.8, 4) is 27.9 Å². The van der Waals surface area contributed by atoms with Gasteiger partial charge in [0.2, 0.25) is 0 Å². The van der Waals surface area contributed by atoms with E-state index in [4.69, 9.17) is 0 Å². The predicted octanol–water partition coefficient (Wildman–Crippen LogP) is 13.9. The highest BCUT2D eigenvalue weighted by atomic mass is 15.1. The zero-order valence-electron chi connectivity index (χ0n) is 28.5. The van der Waals surface area contributed by atoms with E-state index in [9.17, 15) is 0 Å². The summed E-state index contributed by atoms with van der Waals surface area (Å²) in [6.45, 7) is 0. The van der Waals surface area contributed by atoms with Crippen LogP contribution in [-0.2, 0) is 0 Å². The smallest absolute Gasteiger partial charge is 0.0624 e. The number of fused-ring (bicyclic) bond motifs is 6. The van der Waals surface area contributed by atoms with E-state index >= 15 is 0 Å². The Morgan fingerprint density at radius 3 is 1.60 bits per heavy atom. The SMILES string of the molecule is c1ccc(-c2c(N(c3ccccc3)c3ccc4c5c(-c6ccccc6)cccc5n(-c5ccccc5)c4c3)c3ccccc3c3ccccc23)cc1. The molecular formula is C50H34N2. The van der Waals surface area contributed by atoms with Crippen molar-refractivity contribution in [2.45, 2.75) is 0 Å². The summed E-state index contributed by atoms with van der Waals surface area (Å²) in [5.41, 5.74) is 11.7. The third kappa shape index (κ3) is 4.80. The van der Waals surface area contributed by atoms with Crippen molar-refractivity contribution in [2.75, 3.05) is 4.90 Å². The topological polar surface area (TPSA) is 8.17 Å². The van der Waals surface area contributed by atoms with Gasteiger partial charge in [0.25, 0.3) is 0 Å². The molecule has 0 fully saturated rings. The second-order valence-corrected chi connectivity index (χ2v) is 13.3. The Labute approximate surface area is 303 Å². The number of aromatic nitrogens is 1. The average Bonchev–Trinajstić information content (AvgIpc) is 3.56. The maximum absolute atomic E-state index is 2.47. The molecule has 0 atom stereocenters. The lowest BCUT2D eigenvalue weighted by Crippen LogP contribution is -2.12. The van der Waals surface area contributed by atoms with Crippen molar-refractivity contribution < 1.29 is 0 Å². The minimum Gasteiger partial charge on any atom is -0.309 e. The molecule has 2 nitrogen and oxygen atoms in total. The molecule has 10 rings (SSSR count). The summed E-state index contributed by atoms with van der Waals surface area (Å²) in [7, 11) is 0. The highest BCUT2D eigenvalue weighted by Crippen LogP contribution is 2.50. The minimum atomic E-state index is 1.09. The van der Waals surface area contributed by atoms with Crippen LogP contribution in [0.4, 0.5) is 17.1 Å². The van der Waals surface area contributed by atoms with E-state index in [1.807, 2.05) is 0 Å². The van der Waals surface area contributed by atoms with Crippen molar-refractivity contribution in [3.05, 3.63) is 206 Å². The number of hydrogen-bond donors (Lipinski definition) is 0. The fraction of sp³-hybridized carbons (Fsp3) is 0. The van der Waals surface area contributed by atoms with Crippen LogP contribution < -0.4 is 4.90 Å². The second kappa shape index (κ2) is 12.5. The van der Waals surface area contributed by atoms with Crippen molar-refractivity contribution >= 4 is 60.4 Å². The van der Waals surface area contributed by atoms with E-state index < -0.39 is 0 Å². The fourth-order valence-corrected chi connectivity index (χ4v) is 8.14. The van der Waals surface area contributed by atoms with Gasteiger partial charge in [0.15, 0.2) is 0 Å². The molecule has 10 aromatic rings. The third-order valence-electron chi connectivity index (χ3n) is 10.3. The molecule has 1 heterocycles. The molecule has 1 aromatic heterocycles. The van der Waals surface area contributed by atoms with Gasteiger partial charge in [-0.05, 0) is 75.3 Å². The molecule has 0 saturated carbocycles. The van der Waals surface area contributed by atoms with Crippen LogP contribution in [0.2, 0.25) is 0 Å². The summed E-state index contributed by atoms with van der Waals surface area (Å²) in [5, 5.41) is 7.41. The van der Waals surface area contributed by atoms with Gasteiger partial charge in [-0.15, -0.1) is 0 Å². The zero-order chi connectivity index (χ0) is 34.4. The van der Waals surface area contributed by atoms with Crippen LogP contribution >= 0.6 is 0 Å². The standard InChI is InChI=1S/C50H34N2/c1-5-18-35(19-6-1)40-30-17-31-46-49(40)45-33-32-39(34-47(45)52(46)38-24-11-4-12-25-38)51(37-22-9-3-10-23-37)50-44-29-16-14-27-42(44)41-26-13-15-28-43(41)48(50)36-20-7-2-8-21-36/h1-34H. The minimum absolute atomic E-state index is 1.09. The maximum atomic E-state index is 2.47. The number of rotatable bonds is 6. The number of benzene rings is 9. The molecule has 0 bridgehead atoms. The Hall–Kier alpha value is -6.90. The normalized spacial score (nSPS) is 11.5. The molecule has 0 unspecified atom stereocenters. The van der Waals surface area contributed by atoms with E-state index in [0.717, 1.165) is 22.6 Å². The van der Waals surface area contributed by atoms with Gasteiger partial charge in [0.05, 0.1) is 16.7 Å². The van der Waals surface area contributed by atoms with Crippen molar-refractivity contribution in [3.63, 3.8) is 0 Å². The Morgan fingerprint density at radius 2 is 0.904 bits per heavy atom. The molecule has 0 saturated heterocycles. The van der Waals surface area contributed by atoms with Crippen LogP contribution in [-0.4, -0.2) is 4.57 Å². The predicted molar refractivity (Wildman–Crippen MR) is 221 cm³/mol. The van der Waals surface area contributed by atoms with Crippen molar-refractivity contribution in [1.29, 1.82) is 0 Å². The molecular weight excluding hydrogens is 629 g/mol. The van der Waals surface area contributed by atoms with E-state index in [0.29, 0.717) is 0 Å². The van der Waals surface area contributed by atoms with Crippen LogP contribution in [0.1, 0.15) is 0 Å². The van der Waals surface area contributed by atoms with Gasteiger partial charge in [-0.25, -0.2) is 0 Å². The molecule has 9 aromatic carbocycles. The molecule has 0 amide bonds. The van der Waals surface area contributed by atoms with Crippen molar-refractivity contribution in [2.24, 2.45) is 0 Å². The van der Waals surface area contributed by atoms with Gasteiger partial charge in [-0.1, -0.05) is 164 Å². The van der Waals surface area contributed by atoms with E-state index in [-0.39, 0.29) is 0 Å². The maximum Gasteiger partial charge on any atom is 0.0624 e. The summed E-state index contributed by atoms with van der Waals surface area (Å²) >= 11 is 0. The summed E-state index contributed by atoms with van der Waals surface area (Å²) in [6, 6.07) is 74.7. The first-order chi connectivity index (χ1) is 25.8. The summed E-state index contributed by atoms with van der Waals surface area (Å²) in [5.74, 6) is 0. The van der Waals surface area contributed by atoms with E-state index in [1.165, 1.54) is 65.8 Å². The Morgan fingerprint density at radius 1 is 0.346 bits per heavy atom. The highest BCUT2D eigenvalue weighted by molar-refractivity contribution is 6.23. The third-order valence-corrected chi connectivity index (χ3v) is 10.3. The lowest BCUT2D eigenvalue weighted by atomic mass is 9.90. The van der Waals surface area contributed by atoms with Crippen LogP contribution in [0.5, 0.6) is 0 Å². The average molecular weight is 663 g/mol. The van der Waals surface area contributed by atoms with Gasteiger partial charge in [0.1, 0.15) is 0 Å². The second-order valence-electron chi connectivity index (χ2n) is 13.3. The molecule has 0 aliphatic heterocycles. The Balaban J connectivity index is 1.34. The first-order valence-electron chi connectivity index (χ1n) is 17.9. The van der Waals surface area contributed by atoms with Crippen LogP contribution in [0.3, 0.4) is 0 Å². The molecule has 0 aliphatic carbocycles. The summed E-state index contributed by atoms with van der Waals surface area (Å²) in [4.78, 5) is 2.47. The van der Waals surface area contributed by atoms with E-state index in [1.54, 1.807) is 0 Å². The van der Waals surface area contributed by atoms with Gasteiger partial charge in [-0.2, -0.15) is 0 Å². The Kier molecular flexibility index (Phi) is 7.18. The molecule has 0 N–H and O–H groups in total. The number of nitrogens with zero attached hydrogens (tertiary/aromatic N) is 2. The lowest BCUT2D eigenvalue weighted by molar-refractivity contribution is 1.18. The molecule has 0 radical (unpaired) electrons. The van der Waals surface area contributed by atoms with E-state index in [2.05, 4.69) is 216 Å². The molecule has 52 heavy (non-hydrogen) atoms. The number of hydrogen-bond acceptors (Lipinski definition) is 1. The highest BCUT2D eigenvalue weighted by Gasteiger charge is 2.25. The van der Waals surface area contributed by atoms with Gasteiger partial charge in [-0.3, -0.25) is 0 Å². The lowest BCUT2D eigenvalue weighted by Gasteiger charge is -2.30. The van der Waals surface area contributed by atoms with Crippen LogP contribution in [0, 0.1) is 0 Å². The molecule has 2 heteroatoms. The quantitative estimate of drug-likeness (QED) is 0.161. The Bertz CT molecular complexity index is 2870. The monoisotopic (exact) mass is 662 g/mol. The number of anilines is 3.